The van der Waals surface area contributed by atoms with Gasteiger partial charge in [0, 0.05) is 12.8 Å². The molecule has 0 aromatic rings. The van der Waals surface area contributed by atoms with Gasteiger partial charge in [0.2, 0.25) is 5.91 Å². The molecule has 0 radical (unpaired) electrons. The Morgan fingerprint density at radius 3 is 0.990 bits per heavy atom. The number of hydrogen-bond donors (Lipinski definition) is 6. The largest absolute Gasteiger partial charge is 0.466 e. The Morgan fingerprint density at radius 1 is 0.360 bits per heavy atom. The van der Waals surface area contributed by atoms with E-state index >= 15 is 0 Å². The summed E-state index contributed by atoms with van der Waals surface area (Å²) in [5, 5.41) is 54.6. The van der Waals surface area contributed by atoms with Crippen LogP contribution in [0.1, 0.15) is 444 Å². The van der Waals surface area contributed by atoms with Gasteiger partial charge >= 0.3 is 5.97 Å². The highest BCUT2D eigenvalue weighted by atomic mass is 16.7. The van der Waals surface area contributed by atoms with E-state index in [2.05, 4.69) is 55.6 Å². The molecule has 588 valence electrons. The van der Waals surface area contributed by atoms with Crippen LogP contribution in [0.4, 0.5) is 0 Å². The molecular formula is C89H167NO10. The third-order valence-electron chi connectivity index (χ3n) is 20.9. The average molecular weight is 1410 g/mol. The predicted octanol–water partition coefficient (Wildman–Crippen LogP) is 24.6. The van der Waals surface area contributed by atoms with Gasteiger partial charge in [-0.3, -0.25) is 9.59 Å². The van der Waals surface area contributed by atoms with Gasteiger partial charge in [0.1, 0.15) is 24.4 Å². The first-order valence-electron chi connectivity index (χ1n) is 43.9. The molecule has 0 aliphatic carbocycles. The fourth-order valence-electron chi connectivity index (χ4n) is 14.1. The smallest absolute Gasteiger partial charge is 0.305 e. The molecule has 1 aliphatic heterocycles. The van der Waals surface area contributed by atoms with Crippen LogP contribution in [-0.4, -0.2) is 100 Å². The van der Waals surface area contributed by atoms with Gasteiger partial charge in [-0.1, -0.05) is 396 Å². The molecule has 7 atom stereocenters. The zero-order valence-electron chi connectivity index (χ0n) is 65.9. The monoisotopic (exact) mass is 1410 g/mol. The maximum atomic E-state index is 13.1. The van der Waals surface area contributed by atoms with Crippen LogP contribution in [0.15, 0.2) is 48.6 Å². The van der Waals surface area contributed by atoms with Crippen LogP contribution >= 0.6 is 0 Å². The highest BCUT2D eigenvalue weighted by molar-refractivity contribution is 5.76. The number of nitrogens with one attached hydrogen (secondary N) is 1. The number of unbranched alkanes of at least 4 members (excludes halogenated alkanes) is 59. The number of hydrogen-bond acceptors (Lipinski definition) is 10. The van der Waals surface area contributed by atoms with E-state index in [0.717, 1.165) is 64.2 Å². The standard InChI is InChI=1S/C89H167NO10/c1-3-5-7-9-11-13-15-17-19-20-45-49-53-57-61-65-69-73-77-85(94)98-78-74-70-66-62-58-54-50-46-43-41-39-37-35-33-31-29-27-25-23-21-22-24-26-28-30-32-34-36-38-40-42-44-48-52-56-60-64-68-72-76-84(93)90-81(80-99-89-88(97)87(96)86(95)83(79-91)100-89)82(92)75-71-67-63-59-55-51-47-18-16-14-12-10-8-6-4-2/h16,18,21-22,55,59,71,75,81-83,86-89,91-92,95-97H,3-15,17,19-20,23-54,56-58,60-70,72-74,76-80H2,1-2H3,(H,90,93)/b18-16+,22-21-,59-55+,75-71+. The molecule has 100 heavy (non-hydrogen) atoms. The summed E-state index contributed by atoms with van der Waals surface area (Å²) >= 11 is 0. The number of esters is 1. The summed E-state index contributed by atoms with van der Waals surface area (Å²) in [6, 6.07) is -0.833. The Hall–Kier alpha value is -2.38. The molecule has 1 saturated heterocycles. The summed E-state index contributed by atoms with van der Waals surface area (Å²) < 4.78 is 16.8. The minimum Gasteiger partial charge on any atom is -0.466 e. The molecule has 1 rings (SSSR count). The first kappa shape index (κ1) is 95.6. The molecule has 6 N–H and O–H groups in total. The molecule has 11 nitrogen and oxygen atoms in total. The zero-order chi connectivity index (χ0) is 72.2. The lowest BCUT2D eigenvalue weighted by Crippen LogP contribution is -2.60. The number of ether oxygens (including phenoxy) is 3. The SMILES string of the molecule is CCCCCCC/C=C/CC/C=C/CC/C=C/C(O)C(COC1OC(CO)C(O)C(O)C1O)NC(=O)CCCCCCCCCCCCCCCCCCC/C=C\CCCCCCCCCCCCCCCCCCCCOC(=O)CCCCCCCCCCCCCCCCCCCC. The maximum absolute atomic E-state index is 13.1. The van der Waals surface area contributed by atoms with Crippen LogP contribution in [-0.2, 0) is 23.8 Å². The third kappa shape index (κ3) is 65.2. The van der Waals surface area contributed by atoms with Crippen LogP contribution in [0, 0.1) is 0 Å². The summed E-state index contributed by atoms with van der Waals surface area (Å²) in [5.74, 6) is -0.168. The van der Waals surface area contributed by atoms with E-state index in [9.17, 15) is 35.1 Å². The number of carbonyl (C=O) groups excluding carboxylic acids is 2. The topological polar surface area (TPSA) is 175 Å². The van der Waals surface area contributed by atoms with Crippen molar-refractivity contribution in [1.29, 1.82) is 0 Å². The normalized spacial score (nSPS) is 17.3. The molecule has 0 spiro atoms. The number of amides is 1. The summed E-state index contributed by atoms with van der Waals surface area (Å²) in [7, 11) is 0. The molecular weight excluding hydrogens is 1240 g/mol. The van der Waals surface area contributed by atoms with Crippen molar-refractivity contribution in [3.05, 3.63) is 48.6 Å². The highest BCUT2D eigenvalue weighted by Gasteiger charge is 2.44. The van der Waals surface area contributed by atoms with E-state index in [0.29, 0.717) is 19.4 Å². The van der Waals surface area contributed by atoms with Crippen LogP contribution in [0.5, 0.6) is 0 Å². The van der Waals surface area contributed by atoms with E-state index in [1.807, 2.05) is 6.08 Å². The van der Waals surface area contributed by atoms with Crippen molar-refractivity contribution in [3.8, 4) is 0 Å². The molecule has 1 amide bonds. The third-order valence-corrected chi connectivity index (χ3v) is 20.9. The number of allylic oxidation sites excluding steroid dienone is 7. The van der Waals surface area contributed by atoms with E-state index < -0.39 is 49.5 Å². The van der Waals surface area contributed by atoms with Gasteiger partial charge in [-0.15, -0.1) is 0 Å². The van der Waals surface area contributed by atoms with Crippen molar-refractivity contribution < 1.29 is 49.3 Å². The van der Waals surface area contributed by atoms with Crippen LogP contribution in [0.3, 0.4) is 0 Å². The lowest BCUT2D eigenvalue weighted by atomic mass is 9.99. The second-order valence-electron chi connectivity index (χ2n) is 30.6. The van der Waals surface area contributed by atoms with Crippen LogP contribution < -0.4 is 5.32 Å². The van der Waals surface area contributed by atoms with Crippen molar-refractivity contribution in [1.82, 2.24) is 5.32 Å². The van der Waals surface area contributed by atoms with Crippen molar-refractivity contribution >= 4 is 11.9 Å². The summed E-state index contributed by atoms with van der Waals surface area (Å²) in [4.78, 5) is 25.2. The molecule has 1 heterocycles. The van der Waals surface area contributed by atoms with Crippen LogP contribution in [0.25, 0.3) is 0 Å². The first-order chi connectivity index (χ1) is 49.2. The molecule has 7 unspecified atom stereocenters. The van der Waals surface area contributed by atoms with Gasteiger partial charge in [0.15, 0.2) is 6.29 Å². The summed E-state index contributed by atoms with van der Waals surface area (Å²) in [6.07, 6.45) is 94.6. The van der Waals surface area contributed by atoms with E-state index in [4.69, 9.17) is 14.2 Å². The molecule has 0 bridgehead atoms. The predicted molar refractivity (Wildman–Crippen MR) is 426 cm³/mol. The lowest BCUT2D eigenvalue weighted by Gasteiger charge is -2.40. The Bertz CT molecular complexity index is 1800. The second-order valence-corrected chi connectivity index (χ2v) is 30.6. The highest BCUT2D eigenvalue weighted by Crippen LogP contribution is 2.24. The van der Waals surface area contributed by atoms with E-state index in [-0.39, 0.29) is 18.5 Å². The van der Waals surface area contributed by atoms with Gasteiger partial charge in [-0.2, -0.15) is 0 Å². The number of aliphatic hydroxyl groups excluding tert-OH is 5. The van der Waals surface area contributed by atoms with Crippen molar-refractivity contribution in [2.24, 2.45) is 0 Å². The van der Waals surface area contributed by atoms with E-state index in [1.54, 1.807) is 6.08 Å². The molecule has 0 aromatic carbocycles. The van der Waals surface area contributed by atoms with Gasteiger partial charge in [0.25, 0.3) is 0 Å². The van der Waals surface area contributed by atoms with Crippen molar-refractivity contribution in [2.45, 2.75) is 487 Å². The Kier molecular flexibility index (Phi) is 74.3. The maximum Gasteiger partial charge on any atom is 0.305 e. The minimum absolute atomic E-state index is 0.0218. The molecule has 0 aromatic heterocycles. The number of carbonyl (C=O) groups is 2. The van der Waals surface area contributed by atoms with Gasteiger partial charge in [0.05, 0.1) is 32.0 Å². The lowest BCUT2D eigenvalue weighted by molar-refractivity contribution is -0.302. The Balaban J connectivity index is 1.88. The van der Waals surface area contributed by atoms with Gasteiger partial charge in [-0.25, -0.2) is 0 Å². The quantitative estimate of drug-likeness (QED) is 0.0195. The number of rotatable bonds is 79. The Morgan fingerprint density at radius 2 is 0.650 bits per heavy atom. The fraction of sp³-hybridized carbons (Fsp3) is 0.888. The molecule has 0 saturated carbocycles. The number of aliphatic hydroxyl groups is 5. The van der Waals surface area contributed by atoms with E-state index in [1.165, 1.54) is 353 Å². The summed E-state index contributed by atoms with van der Waals surface area (Å²) in [5.41, 5.74) is 0. The molecule has 1 fully saturated rings. The van der Waals surface area contributed by atoms with Crippen LogP contribution in [0.2, 0.25) is 0 Å². The molecule has 11 heteroatoms. The van der Waals surface area contributed by atoms with Crippen molar-refractivity contribution in [2.75, 3.05) is 19.8 Å². The zero-order valence-corrected chi connectivity index (χ0v) is 65.9. The average Bonchev–Trinajstić information content (AvgIpc) is 0.824. The second kappa shape index (κ2) is 77.7. The molecule has 1 aliphatic rings. The van der Waals surface area contributed by atoms with Crippen molar-refractivity contribution in [3.63, 3.8) is 0 Å². The van der Waals surface area contributed by atoms with Gasteiger partial charge in [-0.05, 0) is 83.5 Å². The Labute approximate surface area is 618 Å². The minimum atomic E-state index is -1.58. The first-order valence-corrected chi connectivity index (χ1v) is 43.9. The fourth-order valence-corrected chi connectivity index (χ4v) is 14.1. The summed E-state index contributed by atoms with van der Waals surface area (Å²) in [6.45, 7) is 4.38. The van der Waals surface area contributed by atoms with Gasteiger partial charge < -0.3 is 45.1 Å².